The van der Waals surface area contributed by atoms with Crippen molar-refractivity contribution in [2.24, 2.45) is 4.99 Å². The van der Waals surface area contributed by atoms with Gasteiger partial charge in [-0.2, -0.15) is 0 Å². The van der Waals surface area contributed by atoms with Crippen LogP contribution < -0.4 is 10.6 Å². The van der Waals surface area contributed by atoms with Crippen LogP contribution in [0.25, 0.3) is 11.3 Å². The molecule has 0 fully saturated rings. The lowest BCUT2D eigenvalue weighted by Crippen LogP contribution is -2.25. The molecule has 2 aromatic rings. The number of nitrogens with zero attached hydrogens (tertiary/aromatic N) is 2. The highest BCUT2D eigenvalue weighted by molar-refractivity contribution is 5.99. The van der Waals surface area contributed by atoms with E-state index in [1.54, 1.807) is 31.6 Å². The first-order valence-corrected chi connectivity index (χ1v) is 9.43. The summed E-state index contributed by atoms with van der Waals surface area (Å²) in [6.07, 6.45) is 5.13. The largest absolute Gasteiger partial charge is 0.480 e. The Balaban J connectivity index is 2.22. The molecule has 0 radical (unpaired) electrons. The van der Waals surface area contributed by atoms with Crippen LogP contribution in [0, 0.1) is 5.82 Å². The molecular weight excluding hydrogens is 379 g/mol. The van der Waals surface area contributed by atoms with E-state index in [9.17, 15) is 4.39 Å². The number of halogens is 1. The minimum Gasteiger partial charge on any atom is -0.480 e. The van der Waals surface area contributed by atoms with Gasteiger partial charge in [0.2, 0.25) is 5.90 Å². The van der Waals surface area contributed by atoms with Crippen molar-refractivity contribution in [2.45, 2.75) is 6.92 Å². The molecule has 1 aliphatic rings. The van der Waals surface area contributed by atoms with E-state index in [0.29, 0.717) is 11.6 Å². The molecule has 30 heavy (non-hydrogen) atoms. The second-order valence-electron chi connectivity index (χ2n) is 6.59. The second-order valence-corrected chi connectivity index (χ2v) is 6.59. The van der Waals surface area contributed by atoms with Crippen LogP contribution in [0.3, 0.4) is 0 Å². The molecule has 0 saturated carbocycles. The van der Waals surface area contributed by atoms with Gasteiger partial charge in [0.15, 0.2) is 0 Å². The van der Waals surface area contributed by atoms with Crippen LogP contribution >= 0.6 is 0 Å². The fourth-order valence-corrected chi connectivity index (χ4v) is 3.33. The van der Waals surface area contributed by atoms with Gasteiger partial charge in [0.05, 0.1) is 24.2 Å². The molecule has 0 aliphatic carbocycles. The minimum atomic E-state index is -0.278. The molecule has 154 valence electrons. The molecule has 0 bridgehead atoms. The van der Waals surface area contributed by atoms with E-state index in [1.807, 2.05) is 43.3 Å². The Labute approximate surface area is 176 Å². The Hall–Kier alpha value is -3.80. The lowest BCUT2D eigenvalue weighted by atomic mass is 9.98. The normalized spacial score (nSPS) is 14.1. The topological polar surface area (TPSA) is 48.9 Å². The van der Waals surface area contributed by atoms with Crippen LogP contribution in [-0.2, 0) is 4.74 Å². The molecule has 1 aliphatic heterocycles. The highest BCUT2D eigenvalue weighted by atomic mass is 19.1. The summed E-state index contributed by atoms with van der Waals surface area (Å²) < 4.78 is 18.9. The zero-order valence-corrected chi connectivity index (χ0v) is 17.4. The monoisotopic (exact) mass is 404 g/mol. The summed E-state index contributed by atoms with van der Waals surface area (Å²) in [6, 6.07) is 12.5. The molecule has 0 amide bonds. The summed E-state index contributed by atoms with van der Waals surface area (Å²) >= 11 is 0. The molecule has 0 unspecified atom stereocenters. The predicted octanol–water partition coefficient (Wildman–Crippen LogP) is 5.66. The van der Waals surface area contributed by atoms with Gasteiger partial charge in [0, 0.05) is 25.0 Å². The van der Waals surface area contributed by atoms with E-state index < -0.39 is 0 Å². The summed E-state index contributed by atoms with van der Waals surface area (Å²) in [6.45, 7) is 9.92. The fraction of sp³-hybridized carbons (Fsp3) is 0.125. The Bertz CT molecular complexity index is 1050. The molecule has 0 saturated heterocycles. The first-order chi connectivity index (χ1) is 14.5. The van der Waals surface area contributed by atoms with Gasteiger partial charge >= 0.3 is 0 Å². The van der Waals surface area contributed by atoms with Gasteiger partial charge < -0.3 is 20.3 Å². The van der Waals surface area contributed by atoms with Crippen molar-refractivity contribution in [3.63, 3.8) is 0 Å². The third-order valence-electron chi connectivity index (χ3n) is 4.83. The van der Waals surface area contributed by atoms with Gasteiger partial charge in [-0.15, -0.1) is 0 Å². The summed E-state index contributed by atoms with van der Waals surface area (Å²) in [7, 11) is 3.42. The van der Waals surface area contributed by atoms with E-state index in [2.05, 4.69) is 28.8 Å². The van der Waals surface area contributed by atoms with E-state index >= 15 is 0 Å². The van der Waals surface area contributed by atoms with Crippen LogP contribution in [0.15, 0.2) is 84.9 Å². The van der Waals surface area contributed by atoms with Crippen LogP contribution in [0.1, 0.15) is 18.1 Å². The lowest BCUT2D eigenvalue weighted by molar-refractivity contribution is 0.391. The van der Waals surface area contributed by atoms with Crippen LogP contribution in [0.2, 0.25) is 0 Å². The molecule has 5 nitrogen and oxygen atoms in total. The van der Waals surface area contributed by atoms with Gasteiger partial charge in [-0.05, 0) is 48.5 Å². The van der Waals surface area contributed by atoms with Crippen molar-refractivity contribution in [1.29, 1.82) is 0 Å². The number of allylic oxidation sites excluding steroid dienone is 1. The van der Waals surface area contributed by atoms with Crippen molar-refractivity contribution in [3.05, 3.63) is 96.9 Å². The van der Waals surface area contributed by atoms with Gasteiger partial charge in [0.1, 0.15) is 11.5 Å². The third-order valence-corrected chi connectivity index (χ3v) is 4.83. The van der Waals surface area contributed by atoms with E-state index in [0.717, 1.165) is 33.8 Å². The standard InChI is InChI=1S/C24H25FN4O/c1-6-27-22-15-19(9-12-21(22)26-4)23(16(2)18-7-10-20(25)11-8-18)29-14-13-28-24(30-5)17(29)3/h6-15,26-27H,1,3H2,2,4-5H3/b23-16+. The Kier molecular flexibility index (Phi) is 6.37. The molecule has 0 atom stereocenters. The number of hydrogen-bond acceptors (Lipinski definition) is 5. The fourth-order valence-electron chi connectivity index (χ4n) is 3.33. The first-order valence-electron chi connectivity index (χ1n) is 9.43. The Morgan fingerprint density at radius 1 is 1.13 bits per heavy atom. The summed E-state index contributed by atoms with van der Waals surface area (Å²) in [5.41, 5.74) is 6.06. The maximum Gasteiger partial charge on any atom is 0.237 e. The number of hydrogen-bond donors (Lipinski definition) is 2. The van der Waals surface area contributed by atoms with Gasteiger partial charge in [-0.25, -0.2) is 9.38 Å². The maximum absolute atomic E-state index is 13.5. The number of benzene rings is 2. The highest BCUT2D eigenvalue weighted by Crippen LogP contribution is 2.36. The number of nitrogens with one attached hydrogen (secondary N) is 2. The van der Waals surface area contributed by atoms with Gasteiger partial charge in [-0.3, -0.25) is 0 Å². The molecule has 2 N–H and O–H groups in total. The summed E-state index contributed by atoms with van der Waals surface area (Å²) in [5.74, 6) is 0.151. The summed E-state index contributed by atoms with van der Waals surface area (Å²) in [5, 5.41) is 6.33. The zero-order chi connectivity index (χ0) is 21.7. The second kappa shape index (κ2) is 9.13. The quantitative estimate of drug-likeness (QED) is 0.610. The Morgan fingerprint density at radius 3 is 2.47 bits per heavy atom. The van der Waals surface area contributed by atoms with E-state index in [4.69, 9.17) is 4.74 Å². The number of anilines is 2. The number of ether oxygens (including phenoxy) is 1. The zero-order valence-electron chi connectivity index (χ0n) is 17.4. The van der Waals surface area contributed by atoms with Gasteiger partial charge in [0.25, 0.3) is 0 Å². The number of rotatable bonds is 6. The maximum atomic E-state index is 13.5. The van der Waals surface area contributed by atoms with Crippen molar-refractivity contribution in [1.82, 2.24) is 4.90 Å². The van der Waals surface area contributed by atoms with Crippen molar-refractivity contribution in [3.8, 4) is 0 Å². The summed E-state index contributed by atoms with van der Waals surface area (Å²) in [4.78, 5) is 6.17. The SMILES string of the molecule is C=CNc1cc(/C(=C(/C)c2ccc(F)cc2)N2C=CN=C(OC)C2=C)ccc1NC. The molecular formula is C24H25FN4O. The third kappa shape index (κ3) is 4.12. The van der Waals surface area contributed by atoms with Crippen LogP contribution in [0.4, 0.5) is 15.8 Å². The van der Waals surface area contributed by atoms with Crippen LogP contribution in [0.5, 0.6) is 0 Å². The molecule has 0 aromatic heterocycles. The molecule has 0 spiro atoms. The minimum absolute atomic E-state index is 0.278. The smallest absolute Gasteiger partial charge is 0.237 e. The van der Waals surface area contributed by atoms with E-state index in [1.165, 1.54) is 12.1 Å². The van der Waals surface area contributed by atoms with Crippen LogP contribution in [-0.4, -0.2) is 25.0 Å². The molecule has 3 rings (SSSR count). The van der Waals surface area contributed by atoms with Crippen molar-refractivity contribution >= 4 is 28.5 Å². The van der Waals surface area contributed by atoms with Crippen molar-refractivity contribution in [2.75, 3.05) is 24.8 Å². The van der Waals surface area contributed by atoms with Crippen molar-refractivity contribution < 1.29 is 9.13 Å². The molecule has 1 heterocycles. The highest BCUT2D eigenvalue weighted by Gasteiger charge is 2.23. The van der Waals surface area contributed by atoms with Gasteiger partial charge in [-0.1, -0.05) is 31.4 Å². The Morgan fingerprint density at radius 2 is 1.83 bits per heavy atom. The number of methoxy groups -OCH3 is 1. The predicted molar refractivity (Wildman–Crippen MR) is 123 cm³/mol. The average Bonchev–Trinajstić information content (AvgIpc) is 2.76. The average molecular weight is 404 g/mol. The molecule has 2 aromatic carbocycles. The number of aliphatic imine (C=N–C) groups is 1. The first kappa shape index (κ1) is 20.9. The van der Waals surface area contributed by atoms with E-state index in [-0.39, 0.29) is 5.82 Å². The lowest BCUT2D eigenvalue weighted by Gasteiger charge is -2.30. The molecule has 6 heteroatoms.